The van der Waals surface area contributed by atoms with E-state index in [9.17, 15) is 0 Å². The fourth-order valence-electron chi connectivity index (χ4n) is 2.63. The summed E-state index contributed by atoms with van der Waals surface area (Å²) in [5.41, 5.74) is 2.95. The average molecular weight is 293 g/mol. The van der Waals surface area contributed by atoms with Gasteiger partial charge in [0.1, 0.15) is 5.60 Å². The van der Waals surface area contributed by atoms with Crippen molar-refractivity contribution < 1.29 is 4.74 Å². The minimum absolute atomic E-state index is 0.362. The zero-order chi connectivity index (χ0) is 16.0. The Morgan fingerprint density at radius 2 is 1.62 bits per heavy atom. The molecule has 0 unspecified atom stereocenters. The highest BCUT2D eigenvalue weighted by Gasteiger charge is 2.32. The lowest BCUT2D eigenvalue weighted by atomic mass is 9.95. The molecule has 0 saturated carbocycles. The molecule has 0 spiro atoms. The van der Waals surface area contributed by atoms with Gasteiger partial charge < -0.3 is 10.1 Å². The Balaban J connectivity index is 3.04. The minimum atomic E-state index is -0.362. The number of hydrogen-bond acceptors (Lipinski definition) is 4. The summed E-state index contributed by atoms with van der Waals surface area (Å²) in [5.74, 6) is 1.46. The first-order valence-corrected chi connectivity index (χ1v) is 8.00. The van der Waals surface area contributed by atoms with Crippen molar-refractivity contribution in [3.05, 3.63) is 22.8 Å². The van der Waals surface area contributed by atoms with Crippen molar-refractivity contribution in [1.82, 2.24) is 15.3 Å². The Labute approximate surface area is 129 Å². The monoisotopic (exact) mass is 293 g/mol. The summed E-state index contributed by atoms with van der Waals surface area (Å²) in [7, 11) is 1.75. The van der Waals surface area contributed by atoms with Crippen molar-refractivity contribution in [2.24, 2.45) is 5.92 Å². The molecule has 0 bridgehead atoms. The van der Waals surface area contributed by atoms with E-state index in [1.165, 1.54) is 5.56 Å². The molecule has 120 valence electrons. The topological polar surface area (TPSA) is 47.0 Å². The van der Waals surface area contributed by atoms with Crippen LogP contribution in [0.3, 0.4) is 0 Å². The van der Waals surface area contributed by atoms with Gasteiger partial charge in [-0.2, -0.15) is 0 Å². The lowest BCUT2D eigenvalue weighted by Gasteiger charge is -2.29. The van der Waals surface area contributed by atoms with Gasteiger partial charge in [-0.05, 0) is 39.2 Å². The predicted molar refractivity (Wildman–Crippen MR) is 87.3 cm³/mol. The number of hydrogen-bond donors (Lipinski definition) is 1. The third kappa shape index (κ3) is 4.24. The van der Waals surface area contributed by atoms with E-state index in [0.717, 1.165) is 43.1 Å². The van der Waals surface area contributed by atoms with E-state index >= 15 is 0 Å². The quantitative estimate of drug-likeness (QED) is 0.797. The summed E-state index contributed by atoms with van der Waals surface area (Å²) in [6, 6.07) is 0. The number of rotatable bonds is 8. The summed E-state index contributed by atoms with van der Waals surface area (Å²) < 4.78 is 5.74. The van der Waals surface area contributed by atoms with Crippen LogP contribution in [0.25, 0.3) is 0 Å². The second-order valence-corrected chi connectivity index (χ2v) is 6.13. The molecule has 1 N–H and O–H groups in total. The number of nitrogens with one attached hydrogen (secondary N) is 1. The predicted octanol–water partition coefficient (Wildman–Crippen LogP) is 3.50. The van der Waals surface area contributed by atoms with Crippen molar-refractivity contribution in [3.8, 4) is 0 Å². The summed E-state index contributed by atoms with van der Waals surface area (Å²) in [5, 5.41) is 3.47. The van der Waals surface area contributed by atoms with Crippen LogP contribution in [0.15, 0.2) is 0 Å². The van der Waals surface area contributed by atoms with Crippen molar-refractivity contribution in [2.75, 3.05) is 13.7 Å². The van der Waals surface area contributed by atoms with Crippen LogP contribution in [0.2, 0.25) is 0 Å². The van der Waals surface area contributed by atoms with Crippen LogP contribution >= 0.6 is 0 Å². The van der Waals surface area contributed by atoms with Crippen molar-refractivity contribution in [2.45, 2.75) is 66.5 Å². The zero-order valence-electron chi connectivity index (χ0n) is 14.7. The molecular weight excluding hydrogens is 262 g/mol. The molecule has 0 aromatic carbocycles. The Kier molecular flexibility index (Phi) is 6.75. The molecule has 0 amide bonds. The number of ether oxygens (including phenoxy) is 1. The lowest BCUT2D eigenvalue weighted by molar-refractivity contribution is -0.0294. The molecule has 4 heteroatoms. The number of methoxy groups -OCH3 is 1. The average Bonchev–Trinajstić information content (AvgIpc) is 2.44. The van der Waals surface area contributed by atoms with Crippen LogP contribution in [0.1, 0.15) is 63.3 Å². The van der Waals surface area contributed by atoms with Crippen LogP contribution < -0.4 is 5.32 Å². The Hall–Kier alpha value is -1.00. The van der Waals surface area contributed by atoms with Gasteiger partial charge in [0.15, 0.2) is 5.82 Å². The van der Waals surface area contributed by atoms with Gasteiger partial charge in [0.25, 0.3) is 0 Å². The molecule has 0 atom stereocenters. The minimum Gasteiger partial charge on any atom is -0.370 e. The van der Waals surface area contributed by atoms with E-state index in [1.54, 1.807) is 7.11 Å². The Bertz CT molecular complexity index is 422. The van der Waals surface area contributed by atoms with Crippen molar-refractivity contribution in [1.29, 1.82) is 0 Å². The SMILES string of the molecule is CCC(CC)(OC)c1nc(C)c(CNCC(C)C)c(C)n1. The molecular formula is C17H31N3O. The molecule has 1 rings (SSSR count). The molecule has 4 nitrogen and oxygen atoms in total. The highest BCUT2D eigenvalue weighted by Crippen LogP contribution is 2.30. The van der Waals surface area contributed by atoms with Crippen LogP contribution in [-0.4, -0.2) is 23.6 Å². The first-order chi connectivity index (χ1) is 9.90. The lowest BCUT2D eigenvalue weighted by Crippen LogP contribution is -2.31. The zero-order valence-corrected chi connectivity index (χ0v) is 14.7. The van der Waals surface area contributed by atoms with Gasteiger partial charge in [-0.1, -0.05) is 27.7 Å². The molecule has 1 heterocycles. The van der Waals surface area contributed by atoms with Gasteiger partial charge in [-0.25, -0.2) is 9.97 Å². The molecule has 0 aliphatic heterocycles. The van der Waals surface area contributed by atoms with E-state index in [0.29, 0.717) is 5.92 Å². The van der Waals surface area contributed by atoms with Gasteiger partial charge in [0, 0.05) is 30.6 Å². The smallest absolute Gasteiger partial charge is 0.160 e. The van der Waals surface area contributed by atoms with E-state index in [4.69, 9.17) is 14.7 Å². The van der Waals surface area contributed by atoms with Gasteiger partial charge in [0.2, 0.25) is 0 Å². The van der Waals surface area contributed by atoms with Crippen LogP contribution in [0, 0.1) is 19.8 Å². The number of aromatic nitrogens is 2. The summed E-state index contributed by atoms with van der Waals surface area (Å²) in [4.78, 5) is 9.48. The molecule has 0 saturated heterocycles. The van der Waals surface area contributed by atoms with Gasteiger partial charge in [-0.15, -0.1) is 0 Å². The van der Waals surface area contributed by atoms with Crippen molar-refractivity contribution in [3.63, 3.8) is 0 Å². The largest absolute Gasteiger partial charge is 0.370 e. The molecule has 0 aliphatic carbocycles. The van der Waals surface area contributed by atoms with Gasteiger partial charge >= 0.3 is 0 Å². The third-order valence-corrected chi connectivity index (χ3v) is 4.22. The second kappa shape index (κ2) is 7.85. The van der Waals surface area contributed by atoms with E-state index in [2.05, 4.69) is 46.9 Å². The standard InChI is InChI=1S/C17H31N3O/c1-8-17(9-2,21-7)16-19-13(5)15(14(6)20-16)11-18-10-12(3)4/h12,18H,8-11H2,1-7H3. The molecule has 1 aromatic rings. The fraction of sp³-hybridized carbons (Fsp3) is 0.765. The summed E-state index contributed by atoms with van der Waals surface area (Å²) >= 11 is 0. The Morgan fingerprint density at radius 3 is 2.00 bits per heavy atom. The van der Waals surface area contributed by atoms with Gasteiger partial charge in [-0.3, -0.25) is 0 Å². The van der Waals surface area contributed by atoms with Crippen LogP contribution in [0.5, 0.6) is 0 Å². The highest BCUT2D eigenvalue weighted by atomic mass is 16.5. The summed E-state index contributed by atoms with van der Waals surface area (Å²) in [6.45, 7) is 14.6. The molecule has 1 aromatic heterocycles. The maximum atomic E-state index is 5.74. The maximum absolute atomic E-state index is 5.74. The van der Waals surface area contributed by atoms with E-state index in [-0.39, 0.29) is 5.60 Å². The van der Waals surface area contributed by atoms with Crippen LogP contribution in [-0.2, 0) is 16.9 Å². The van der Waals surface area contributed by atoms with Gasteiger partial charge in [0.05, 0.1) is 0 Å². The van der Waals surface area contributed by atoms with Crippen molar-refractivity contribution >= 4 is 0 Å². The van der Waals surface area contributed by atoms with E-state index < -0.39 is 0 Å². The first kappa shape index (κ1) is 18.1. The van der Waals surface area contributed by atoms with E-state index in [1.807, 2.05) is 0 Å². The Morgan fingerprint density at radius 1 is 1.10 bits per heavy atom. The summed E-state index contributed by atoms with van der Waals surface area (Å²) in [6.07, 6.45) is 1.76. The van der Waals surface area contributed by atoms with Crippen LogP contribution in [0.4, 0.5) is 0 Å². The fourth-order valence-corrected chi connectivity index (χ4v) is 2.63. The third-order valence-electron chi connectivity index (χ3n) is 4.22. The highest BCUT2D eigenvalue weighted by molar-refractivity contribution is 5.25. The molecule has 21 heavy (non-hydrogen) atoms. The maximum Gasteiger partial charge on any atom is 0.160 e. The normalized spacial score (nSPS) is 12.2. The number of nitrogens with zero attached hydrogens (tertiary/aromatic N) is 2. The first-order valence-electron chi connectivity index (χ1n) is 8.00. The second-order valence-electron chi connectivity index (χ2n) is 6.13. The molecule has 0 radical (unpaired) electrons. The number of aryl methyl sites for hydroxylation is 2. The molecule has 0 aliphatic rings. The molecule has 0 fully saturated rings.